The molecule has 1 atom stereocenters. The van der Waals surface area contributed by atoms with Crippen LogP contribution in [0.2, 0.25) is 0 Å². The second-order valence-corrected chi connectivity index (χ2v) is 6.46. The van der Waals surface area contributed by atoms with Gasteiger partial charge in [-0.2, -0.15) is 0 Å². The molecule has 25 heavy (non-hydrogen) atoms. The predicted molar refractivity (Wildman–Crippen MR) is 93.0 cm³/mol. The topological polar surface area (TPSA) is 71.1 Å². The highest BCUT2D eigenvalue weighted by Crippen LogP contribution is 2.53. The van der Waals surface area contributed by atoms with Crippen LogP contribution in [0, 0.1) is 11.3 Å². The maximum atomic E-state index is 12.9. The van der Waals surface area contributed by atoms with Crippen LogP contribution in [-0.2, 0) is 14.3 Å². The van der Waals surface area contributed by atoms with Crippen molar-refractivity contribution in [1.29, 1.82) is 0 Å². The van der Waals surface area contributed by atoms with Crippen LogP contribution in [0.25, 0.3) is 5.57 Å². The van der Waals surface area contributed by atoms with Gasteiger partial charge in [0.2, 0.25) is 0 Å². The minimum atomic E-state index is -0.741. The summed E-state index contributed by atoms with van der Waals surface area (Å²) < 4.78 is 21.1. The van der Waals surface area contributed by atoms with E-state index < -0.39 is 11.4 Å². The van der Waals surface area contributed by atoms with E-state index in [1.807, 2.05) is 20.8 Å². The molecule has 0 aliphatic heterocycles. The molecule has 0 N–H and O–H groups in total. The van der Waals surface area contributed by atoms with Gasteiger partial charge < -0.3 is 18.9 Å². The van der Waals surface area contributed by atoms with Crippen molar-refractivity contribution in [3.05, 3.63) is 23.3 Å². The lowest BCUT2D eigenvalue weighted by molar-refractivity contribution is -0.138. The van der Waals surface area contributed by atoms with E-state index in [0.29, 0.717) is 28.4 Å². The van der Waals surface area contributed by atoms with E-state index in [4.69, 9.17) is 18.9 Å². The second kappa shape index (κ2) is 6.78. The van der Waals surface area contributed by atoms with Crippen LogP contribution < -0.4 is 14.2 Å². The second-order valence-electron chi connectivity index (χ2n) is 6.46. The first-order chi connectivity index (χ1) is 11.7. The molecule has 1 aliphatic rings. The lowest BCUT2D eigenvalue weighted by Gasteiger charge is -2.25. The van der Waals surface area contributed by atoms with Crippen molar-refractivity contribution < 1.29 is 28.5 Å². The molecule has 1 aliphatic carbocycles. The van der Waals surface area contributed by atoms with Gasteiger partial charge in [-0.3, -0.25) is 4.79 Å². The van der Waals surface area contributed by atoms with Gasteiger partial charge in [-0.05, 0) is 11.5 Å². The minimum Gasteiger partial charge on any atom is -0.496 e. The molecule has 0 radical (unpaired) electrons. The van der Waals surface area contributed by atoms with Crippen molar-refractivity contribution in [1.82, 2.24) is 0 Å². The molecule has 0 aromatic heterocycles. The minimum absolute atomic E-state index is 0.0433. The average molecular weight is 348 g/mol. The number of allylic oxidation sites excluding steroid dienone is 1. The van der Waals surface area contributed by atoms with Crippen molar-refractivity contribution in [2.75, 3.05) is 28.4 Å². The van der Waals surface area contributed by atoms with E-state index in [1.165, 1.54) is 28.4 Å². The zero-order valence-corrected chi connectivity index (χ0v) is 15.7. The molecule has 1 aromatic carbocycles. The van der Waals surface area contributed by atoms with Gasteiger partial charge in [-0.15, -0.1) is 0 Å². The number of hydrogen-bond donors (Lipinski definition) is 0. The normalized spacial score (nSPS) is 19.0. The van der Waals surface area contributed by atoms with Crippen LogP contribution in [0.1, 0.15) is 26.3 Å². The number of carbonyl (C=O) groups is 2. The Hall–Kier alpha value is -2.50. The molecular weight excluding hydrogens is 324 g/mol. The van der Waals surface area contributed by atoms with Gasteiger partial charge >= 0.3 is 5.97 Å². The smallest absolute Gasteiger partial charge is 0.341 e. The van der Waals surface area contributed by atoms with Crippen LogP contribution in [0.4, 0.5) is 0 Å². The summed E-state index contributed by atoms with van der Waals surface area (Å²) in [4.78, 5) is 25.2. The number of ether oxygens (including phenoxy) is 4. The molecule has 0 saturated carbocycles. The van der Waals surface area contributed by atoms with Gasteiger partial charge in [0.05, 0.1) is 34.0 Å². The molecule has 0 spiro atoms. The lowest BCUT2D eigenvalue weighted by atomic mass is 9.77. The van der Waals surface area contributed by atoms with Gasteiger partial charge in [0.15, 0.2) is 5.78 Å². The Balaban J connectivity index is 2.87. The number of Topliss-reactive ketones (excluding diaryl/α,β-unsaturated/α-hetero) is 1. The zero-order chi connectivity index (χ0) is 18.9. The third kappa shape index (κ3) is 2.86. The van der Waals surface area contributed by atoms with Crippen molar-refractivity contribution >= 4 is 17.3 Å². The summed E-state index contributed by atoms with van der Waals surface area (Å²) in [6.45, 7) is 5.54. The van der Waals surface area contributed by atoms with Crippen LogP contribution in [0.5, 0.6) is 17.2 Å². The lowest BCUT2D eigenvalue weighted by Crippen LogP contribution is -2.27. The third-order valence-electron chi connectivity index (χ3n) is 4.97. The zero-order valence-electron chi connectivity index (χ0n) is 15.7. The van der Waals surface area contributed by atoms with Gasteiger partial charge in [0.1, 0.15) is 22.8 Å². The van der Waals surface area contributed by atoms with E-state index in [0.717, 1.165) is 0 Å². The fourth-order valence-corrected chi connectivity index (χ4v) is 3.14. The van der Waals surface area contributed by atoms with Crippen LogP contribution >= 0.6 is 0 Å². The molecule has 6 nitrogen and oxygen atoms in total. The summed E-state index contributed by atoms with van der Waals surface area (Å²) in [5.41, 5.74) is 0.437. The fourth-order valence-electron chi connectivity index (χ4n) is 3.14. The fraction of sp³-hybridized carbons (Fsp3) is 0.474. The highest BCUT2D eigenvalue weighted by molar-refractivity contribution is 6.28. The molecule has 1 aromatic rings. The van der Waals surface area contributed by atoms with Crippen molar-refractivity contribution in [3.63, 3.8) is 0 Å². The summed E-state index contributed by atoms with van der Waals surface area (Å²) in [7, 11) is 5.84. The van der Waals surface area contributed by atoms with Gasteiger partial charge in [-0.25, -0.2) is 4.79 Å². The molecule has 0 unspecified atom stereocenters. The van der Waals surface area contributed by atoms with E-state index in [1.54, 1.807) is 12.1 Å². The van der Waals surface area contributed by atoms with E-state index in [-0.39, 0.29) is 17.3 Å². The highest BCUT2D eigenvalue weighted by Gasteiger charge is 2.50. The molecule has 0 bridgehead atoms. The van der Waals surface area contributed by atoms with Gasteiger partial charge in [0, 0.05) is 17.5 Å². The average Bonchev–Trinajstić information content (AvgIpc) is 2.79. The summed E-state index contributed by atoms with van der Waals surface area (Å²) in [5, 5.41) is 0. The van der Waals surface area contributed by atoms with Gasteiger partial charge in [0.25, 0.3) is 0 Å². The summed E-state index contributed by atoms with van der Waals surface area (Å²) in [6.07, 6.45) is 0. The third-order valence-corrected chi connectivity index (χ3v) is 4.97. The van der Waals surface area contributed by atoms with Crippen molar-refractivity contribution in [2.45, 2.75) is 20.8 Å². The first-order valence-electron chi connectivity index (χ1n) is 7.92. The SMILES string of the molecule is COC(=O)C1=C(c2c(OC)cc(OC)cc2OC)[C@H](C)C(C)(C)C1=O. The van der Waals surface area contributed by atoms with Crippen molar-refractivity contribution in [2.24, 2.45) is 11.3 Å². The number of benzene rings is 1. The summed E-state index contributed by atoms with van der Waals surface area (Å²) in [5.74, 6) is 0.341. The largest absolute Gasteiger partial charge is 0.496 e. The summed E-state index contributed by atoms with van der Waals surface area (Å²) >= 11 is 0. The van der Waals surface area contributed by atoms with E-state index >= 15 is 0 Å². The Labute approximate surface area is 147 Å². The standard InChI is InChI=1S/C19H24O6/c1-10-14(16(18(21)25-7)17(20)19(10,2)3)15-12(23-5)8-11(22-4)9-13(15)24-6/h8-10H,1-7H3/t10-/m0/s1. The molecule has 0 saturated heterocycles. The van der Waals surface area contributed by atoms with E-state index in [2.05, 4.69) is 0 Å². The van der Waals surface area contributed by atoms with Crippen LogP contribution in [-0.4, -0.2) is 40.2 Å². The maximum absolute atomic E-state index is 12.9. The Kier molecular flexibility index (Phi) is 5.11. The quantitative estimate of drug-likeness (QED) is 0.602. The molecule has 0 amide bonds. The van der Waals surface area contributed by atoms with Crippen LogP contribution in [0.3, 0.4) is 0 Å². The number of rotatable bonds is 5. The number of hydrogen-bond acceptors (Lipinski definition) is 6. The molecule has 6 heteroatoms. The molecule has 2 rings (SSSR count). The van der Waals surface area contributed by atoms with Gasteiger partial charge in [-0.1, -0.05) is 20.8 Å². The predicted octanol–water partition coefficient (Wildman–Crippen LogP) is 2.88. The number of methoxy groups -OCH3 is 4. The monoisotopic (exact) mass is 348 g/mol. The first kappa shape index (κ1) is 18.8. The number of ketones is 1. The van der Waals surface area contributed by atoms with Crippen LogP contribution in [0.15, 0.2) is 17.7 Å². The maximum Gasteiger partial charge on any atom is 0.341 e. The molecule has 0 heterocycles. The Morgan fingerprint density at radius 3 is 1.92 bits per heavy atom. The van der Waals surface area contributed by atoms with Crippen molar-refractivity contribution in [3.8, 4) is 17.2 Å². The Morgan fingerprint density at radius 1 is 1.00 bits per heavy atom. The molecule has 136 valence electrons. The first-order valence-corrected chi connectivity index (χ1v) is 7.92. The number of esters is 1. The molecule has 0 fully saturated rings. The molecular formula is C19H24O6. The number of carbonyl (C=O) groups excluding carboxylic acids is 2. The Bertz CT molecular complexity index is 719. The summed E-state index contributed by atoms with van der Waals surface area (Å²) in [6, 6.07) is 3.39. The van der Waals surface area contributed by atoms with E-state index in [9.17, 15) is 9.59 Å². The Morgan fingerprint density at radius 2 is 1.52 bits per heavy atom. The highest BCUT2D eigenvalue weighted by atomic mass is 16.5.